The Bertz CT molecular complexity index is 379. The number of hydrogen-bond acceptors (Lipinski definition) is 2. The van der Waals surface area contributed by atoms with E-state index in [1.165, 1.54) is 141 Å². The molecule has 0 saturated heterocycles. The zero-order chi connectivity index (χ0) is 25.5. The summed E-state index contributed by atoms with van der Waals surface area (Å²) in [7, 11) is 0. The molecule has 0 unspecified atom stereocenters. The molecule has 0 spiro atoms. The minimum Gasteiger partial charge on any atom is -0.353 e. The predicted molar refractivity (Wildman–Crippen MR) is 161 cm³/mol. The number of allylic oxidation sites excluding steroid dienone is 2. The van der Waals surface area contributed by atoms with Gasteiger partial charge in [-0.2, -0.15) is 0 Å². The Morgan fingerprint density at radius 3 is 1.37 bits per heavy atom. The summed E-state index contributed by atoms with van der Waals surface area (Å²) in [5.74, 6) is 0. The number of hydrogen-bond donors (Lipinski definition) is 0. The number of ether oxygens (including phenoxy) is 2. The third-order valence-corrected chi connectivity index (χ3v) is 7.31. The Labute approximate surface area is 229 Å². The van der Waals surface area contributed by atoms with Gasteiger partial charge in [-0.1, -0.05) is 151 Å². The molecule has 0 aromatic carbocycles. The number of halogens is 1. The maximum absolute atomic E-state index is 6.20. The van der Waals surface area contributed by atoms with E-state index in [4.69, 9.17) is 9.47 Å². The molecule has 0 aliphatic rings. The van der Waals surface area contributed by atoms with Crippen LogP contribution in [0.15, 0.2) is 12.2 Å². The first-order valence-corrected chi connectivity index (χ1v) is 16.9. The van der Waals surface area contributed by atoms with E-state index >= 15 is 0 Å². The van der Waals surface area contributed by atoms with E-state index in [0.29, 0.717) is 0 Å². The first-order chi connectivity index (χ1) is 17.3. The standard InChI is InChI=1S/C32H63BrO2/c1-3-5-7-9-18-22-26-30-34-32(35-31-27-23-19-10-8-6-4-2)28-24-20-16-14-12-11-13-15-17-21-25-29-33/h17,21,32H,3-16,18-20,22-31H2,1-2H3/b21-17-. The van der Waals surface area contributed by atoms with Crippen LogP contribution in [0.25, 0.3) is 0 Å². The van der Waals surface area contributed by atoms with Crippen molar-refractivity contribution in [3.8, 4) is 0 Å². The van der Waals surface area contributed by atoms with Gasteiger partial charge in [-0.05, 0) is 44.9 Å². The molecule has 35 heavy (non-hydrogen) atoms. The van der Waals surface area contributed by atoms with Gasteiger partial charge in [0.05, 0.1) is 0 Å². The van der Waals surface area contributed by atoms with Crippen LogP contribution in [0.2, 0.25) is 0 Å². The van der Waals surface area contributed by atoms with E-state index in [9.17, 15) is 0 Å². The molecular weight excluding hydrogens is 496 g/mol. The summed E-state index contributed by atoms with van der Waals surface area (Å²) in [6, 6.07) is 0. The second kappa shape index (κ2) is 32.2. The quantitative estimate of drug-likeness (QED) is 0.0377. The van der Waals surface area contributed by atoms with Crippen LogP contribution in [-0.4, -0.2) is 24.8 Å². The number of rotatable bonds is 30. The molecule has 0 aliphatic heterocycles. The summed E-state index contributed by atoms with van der Waals surface area (Å²) < 4.78 is 12.4. The van der Waals surface area contributed by atoms with Gasteiger partial charge >= 0.3 is 0 Å². The van der Waals surface area contributed by atoms with Crippen molar-refractivity contribution in [3.63, 3.8) is 0 Å². The molecule has 210 valence electrons. The van der Waals surface area contributed by atoms with E-state index in [-0.39, 0.29) is 6.29 Å². The highest BCUT2D eigenvalue weighted by molar-refractivity contribution is 9.09. The van der Waals surface area contributed by atoms with Gasteiger partial charge in [0.1, 0.15) is 0 Å². The van der Waals surface area contributed by atoms with E-state index in [1.54, 1.807) is 0 Å². The molecule has 3 heteroatoms. The van der Waals surface area contributed by atoms with Gasteiger partial charge in [0.15, 0.2) is 6.29 Å². The SMILES string of the molecule is CCCCCCCCCOC(CCCCCCCCC/C=C\CCBr)OCCCCCCCCC. The fraction of sp³-hybridized carbons (Fsp3) is 0.938. The topological polar surface area (TPSA) is 18.5 Å². The normalized spacial score (nSPS) is 11.9. The number of alkyl halides is 1. The Morgan fingerprint density at radius 1 is 0.486 bits per heavy atom. The smallest absolute Gasteiger partial charge is 0.157 e. The molecule has 0 rings (SSSR count). The minimum atomic E-state index is 0.0292. The molecule has 0 aromatic rings. The van der Waals surface area contributed by atoms with Crippen molar-refractivity contribution in [3.05, 3.63) is 12.2 Å². The Kier molecular flexibility index (Phi) is 32.3. The zero-order valence-electron chi connectivity index (χ0n) is 24.0. The van der Waals surface area contributed by atoms with Crippen LogP contribution in [0, 0.1) is 0 Å². The third-order valence-electron chi connectivity index (χ3n) is 6.86. The second-order valence-electron chi connectivity index (χ2n) is 10.4. The summed E-state index contributed by atoms with van der Waals surface area (Å²) >= 11 is 3.47. The summed E-state index contributed by atoms with van der Waals surface area (Å²) in [5.41, 5.74) is 0. The van der Waals surface area contributed by atoms with Gasteiger partial charge in [0.2, 0.25) is 0 Å². The van der Waals surface area contributed by atoms with E-state index in [0.717, 1.165) is 31.4 Å². The van der Waals surface area contributed by atoms with Crippen molar-refractivity contribution in [1.82, 2.24) is 0 Å². The molecular formula is C32H63BrO2. The van der Waals surface area contributed by atoms with Crippen molar-refractivity contribution in [2.45, 2.75) is 174 Å². The van der Waals surface area contributed by atoms with E-state index in [1.807, 2.05) is 0 Å². The number of unbranched alkanes of at least 4 members (excludes halogenated alkanes) is 19. The van der Waals surface area contributed by atoms with E-state index < -0.39 is 0 Å². The molecule has 0 bridgehead atoms. The molecule has 0 saturated carbocycles. The molecule has 0 fully saturated rings. The summed E-state index contributed by atoms with van der Waals surface area (Å²) in [4.78, 5) is 0. The van der Waals surface area contributed by atoms with Gasteiger partial charge in [-0.3, -0.25) is 0 Å². The average Bonchev–Trinajstić information content (AvgIpc) is 2.87. The van der Waals surface area contributed by atoms with Crippen LogP contribution in [0.1, 0.15) is 168 Å². The lowest BCUT2D eigenvalue weighted by molar-refractivity contribution is -0.148. The first kappa shape index (κ1) is 35.1. The van der Waals surface area contributed by atoms with Crippen LogP contribution in [0.4, 0.5) is 0 Å². The van der Waals surface area contributed by atoms with Crippen molar-refractivity contribution >= 4 is 15.9 Å². The fourth-order valence-corrected chi connectivity index (χ4v) is 4.78. The first-order valence-electron chi connectivity index (χ1n) is 15.8. The molecule has 0 atom stereocenters. The molecule has 0 aliphatic carbocycles. The average molecular weight is 560 g/mol. The molecule has 0 radical (unpaired) electrons. The highest BCUT2D eigenvalue weighted by atomic mass is 79.9. The largest absolute Gasteiger partial charge is 0.353 e. The molecule has 0 heterocycles. The van der Waals surface area contributed by atoms with Crippen LogP contribution in [-0.2, 0) is 9.47 Å². The summed E-state index contributed by atoms with van der Waals surface area (Å²) in [6.07, 6.45) is 36.3. The van der Waals surface area contributed by atoms with Crippen molar-refractivity contribution in [1.29, 1.82) is 0 Å². The van der Waals surface area contributed by atoms with Gasteiger partial charge in [0.25, 0.3) is 0 Å². The van der Waals surface area contributed by atoms with Gasteiger partial charge in [0, 0.05) is 18.5 Å². The van der Waals surface area contributed by atoms with Crippen LogP contribution >= 0.6 is 15.9 Å². The molecule has 0 amide bonds. The Balaban J connectivity index is 3.85. The minimum absolute atomic E-state index is 0.0292. The van der Waals surface area contributed by atoms with Gasteiger partial charge < -0.3 is 9.47 Å². The third kappa shape index (κ3) is 30.3. The lowest BCUT2D eigenvalue weighted by Gasteiger charge is -2.19. The summed E-state index contributed by atoms with van der Waals surface area (Å²) in [5, 5.41) is 1.08. The maximum Gasteiger partial charge on any atom is 0.157 e. The monoisotopic (exact) mass is 558 g/mol. The molecule has 2 nitrogen and oxygen atoms in total. The van der Waals surface area contributed by atoms with Crippen LogP contribution < -0.4 is 0 Å². The maximum atomic E-state index is 6.20. The van der Waals surface area contributed by atoms with Crippen molar-refractivity contribution in [2.75, 3.05) is 18.5 Å². The van der Waals surface area contributed by atoms with Crippen LogP contribution in [0.3, 0.4) is 0 Å². The summed E-state index contributed by atoms with van der Waals surface area (Å²) in [6.45, 7) is 6.32. The highest BCUT2D eigenvalue weighted by Crippen LogP contribution is 2.15. The van der Waals surface area contributed by atoms with Crippen molar-refractivity contribution in [2.24, 2.45) is 0 Å². The van der Waals surface area contributed by atoms with E-state index in [2.05, 4.69) is 41.9 Å². The molecule has 0 aromatic heterocycles. The Morgan fingerprint density at radius 2 is 0.886 bits per heavy atom. The lowest BCUT2D eigenvalue weighted by atomic mass is 10.1. The molecule has 0 N–H and O–H groups in total. The zero-order valence-corrected chi connectivity index (χ0v) is 25.6. The second-order valence-corrected chi connectivity index (χ2v) is 11.2. The fourth-order valence-electron chi connectivity index (χ4n) is 4.52. The van der Waals surface area contributed by atoms with Gasteiger partial charge in [-0.25, -0.2) is 0 Å². The Hall–Kier alpha value is 0.140. The van der Waals surface area contributed by atoms with Gasteiger partial charge in [-0.15, -0.1) is 0 Å². The van der Waals surface area contributed by atoms with Crippen LogP contribution in [0.5, 0.6) is 0 Å². The van der Waals surface area contributed by atoms with Crippen molar-refractivity contribution < 1.29 is 9.47 Å². The highest BCUT2D eigenvalue weighted by Gasteiger charge is 2.09. The predicted octanol–water partition coefficient (Wildman–Crippen LogP) is 11.7. The lowest BCUT2D eigenvalue weighted by Crippen LogP contribution is -2.19.